The number of aliphatic hydroxyl groups excluding tert-OH is 1. The van der Waals surface area contributed by atoms with Crippen molar-refractivity contribution in [1.29, 1.82) is 0 Å². The van der Waals surface area contributed by atoms with Gasteiger partial charge in [0.25, 0.3) is 0 Å². The maximum atomic E-state index is 12.1. The standard InChI is InChI=1S/C14H14O4/c1-4-8-12(15)10-7(2)5-6-9(18-3)11(10)14(17)13(8)16/h5-6,15H,4H2,1-3H3. The van der Waals surface area contributed by atoms with Gasteiger partial charge in [-0.2, -0.15) is 0 Å². The molecule has 1 aromatic carbocycles. The summed E-state index contributed by atoms with van der Waals surface area (Å²) in [7, 11) is 1.43. The maximum Gasteiger partial charge on any atom is 0.237 e. The number of allylic oxidation sites excluding steroid dienone is 1. The van der Waals surface area contributed by atoms with Gasteiger partial charge in [0, 0.05) is 11.1 Å². The number of ketones is 2. The Kier molecular flexibility index (Phi) is 2.95. The van der Waals surface area contributed by atoms with E-state index in [1.165, 1.54) is 7.11 Å². The number of aliphatic hydroxyl groups is 1. The lowest BCUT2D eigenvalue weighted by molar-refractivity contribution is -0.112. The van der Waals surface area contributed by atoms with E-state index in [0.29, 0.717) is 17.7 Å². The summed E-state index contributed by atoms with van der Waals surface area (Å²) >= 11 is 0. The summed E-state index contributed by atoms with van der Waals surface area (Å²) < 4.78 is 5.10. The molecule has 1 aliphatic rings. The van der Waals surface area contributed by atoms with E-state index < -0.39 is 11.6 Å². The molecule has 0 saturated heterocycles. The minimum absolute atomic E-state index is 0.103. The second-order valence-corrected chi connectivity index (χ2v) is 4.17. The lowest BCUT2D eigenvalue weighted by Gasteiger charge is -2.20. The summed E-state index contributed by atoms with van der Waals surface area (Å²) in [4.78, 5) is 24.0. The number of aryl methyl sites for hydroxylation is 1. The fraction of sp³-hybridized carbons (Fsp3) is 0.286. The number of Topliss-reactive ketones (excluding diaryl/α,β-unsaturated/α-hetero) is 2. The highest BCUT2D eigenvalue weighted by molar-refractivity contribution is 6.52. The van der Waals surface area contributed by atoms with Crippen LogP contribution in [0.1, 0.15) is 34.8 Å². The maximum absolute atomic E-state index is 12.1. The van der Waals surface area contributed by atoms with Crippen molar-refractivity contribution in [3.8, 4) is 5.75 Å². The number of fused-ring (bicyclic) bond motifs is 1. The molecule has 0 amide bonds. The van der Waals surface area contributed by atoms with Crippen LogP contribution in [0.4, 0.5) is 0 Å². The van der Waals surface area contributed by atoms with E-state index in [2.05, 4.69) is 0 Å². The number of methoxy groups -OCH3 is 1. The molecule has 0 radical (unpaired) electrons. The summed E-state index contributed by atoms with van der Waals surface area (Å²) in [5.41, 5.74) is 1.49. The van der Waals surface area contributed by atoms with Crippen LogP contribution >= 0.6 is 0 Å². The highest BCUT2D eigenvalue weighted by Gasteiger charge is 2.35. The van der Waals surface area contributed by atoms with Crippen LogP contribution in [0.15, 0.2) is 17.7 Å². The Balaban J connectivity index is 2.86. The van der Waals surface area contributed by atoms with Crippen molar-refractivity contribution in [2.75, 3.05) is 7.11 Å². The van der Waals surface area contributed by atoms with Crippen LogP contribution in [0, 0.1) is 6.92 Å². The molecule has 0 atom stereocenters. The molecule has 1 N–H and O–H groups in total. The molecule has 0 fully saturated rings. The topological polar surface area (TPSA) is 63.6 Å². The summed E-state index contributed by atoms with van der Waals surface area (Å²) in [6.07, 6.45) is 0.326. The molecule has 1 aliphatic carbocycles. The Morgan fingerprint density at radius 2 is 1.83 bits per heavy atom. The van der Waals surface area contributed by atoms with Gasteiger partial charge in [0.15, 0.2) is 0 Å². The van der Waals surface area contributed by atoms with Crippen LogP contribution in [0.25, 0.3) is 5.76 Å². The van der Waals surface area contributed by atoms with Gasteiger partial charge in [0.05, 0.1) is 12.7 Å². The zero-order valence-corrected chi connectivity index (χ0v) is 10.5. The third kappa shape index (κ3) is 1.53. The molecule has 0 bridgehead atoms. The smallest absolute Gasteiger partial charge is 0.237 e. The molecule has 0 heterocycles. The van der Waals surface area contributed by atoms with Crippen molar-refractivity contribution in [3.05, 3.63) is 34.4 Å². The third-order valence-electron chi connectivity index (χ3n) is 3.18. The molecule has 0 aromatic heterocycles. The second kappa shape index (κ2) is 4.29. The first-order valence-electron chi connectivity index (χ1n) is 5.72. The van der Waals surface area contributed by atoms with Crippen molar-refractivity contribution in [2.24, 2.45) is 0 Å². The molecule has 2 rings (SSSR count). The molecule has 4 nitrogen and oxygen atoms in total. The predicted molar refractivity (Wildman–Crippen MR) is 66.9 cm³/mol. The van der Waals surface area contributed by atoms with Gasteiger partial charge < -0.3 is 9.84 Å². The number of hydrogen-bond acceptors (Lipinski definition) is 4. The average Bonchev–Trinajstić information content (AvgIpc) is 2.36. The van der Waals surface area contributed by atoms with Gasteiger partial charge in [-0.05, 0) is 25.0 Å². The summed E-state index contributed by atoms with van der Waals surface area (Å²) in [5.74, 6) is -1.05. The number of ether oxygens (including phenoxy) is 1. The van der Waals surface area contributed by atoms with E-state index in [9.17, 15) is 14.7 Å². The largest absolute Gasteiger partial charge is 0.507 e. The van der Waals surface area contributed by atoms with E-state index in [4.69, 9.17) is 4.74 Å². The van der Waals surface area contributed by atoms with E-state index in [1.54, 1.807) is 26.0 Å². The van der Waals surface area contributed by atoms with Crippen molar-refractivity contribution in [2.45, 2.75) is 20.3 Å². The lowest BCUT2D eigenvalue weighted by Crippen LogP contribution is -2.25. The summed E-state index contributed by atoms with van der Waals surface area (Å²) in [5, 5.41) is 10.2. The van der Waals surface area contributed by atoms with Gasteiger partial charge in [-0.25, -0.2) is 0 Å². The molecule has 4 heteroatoms. The molecular formula is C14H14O4. The van der Waals surface area contributed by atoms with Crippen molar-refractivity contribution in [3.63, 3.8) is 0 Å². The van der Waals surface area contributed by atoms with E-state index in [0.717, 1.165) is 5.56 Å². The highest BCUT2D eigenvalue weighted by atomic mass is 16.5. The first kappa shape index (κ1) is 12.4. The fourth-order valence-corrected chi connectivity index (χ4v) is 2.23. The van der Waals surface area contributed by atoms with Gasteiger partial charge in [0.1, 0.15) is 11.5 Å². The van der Waals surface area contributed by atoms with Gasteiger partial charge >= 0.3 is 0 Å². The molecule has 18 heavy (non-hydrogen) atoms. The Hall–Kier alpha value is -2.10. The van der Waals surface area contributed by atoms with E-state index >= 15 is 0 Å². The molecule has 0 spiro atoms. The fourth-order valence-electron chi connectivity index (χ4n) is 2.23. The first-order valence-corrected chi connectivity index (χ1v) is 5.72. The zero-order chi connectivity index (χ0) is 13.4. The number of benzene rings is 1. The second-order valence-electron chi connectivity index (χ2n) is 4.17. The zero-order valence-electron chi connectivity index (χ0n) is 10.5. The Morgan fingerprint density at radius 3 is 2.39 bits per heavy atom. The minimum Gasteiger partial charge on any atom is -0.507 e. The van der Waals surface area contributed by atoms with Crippen LogP contribution in [-0.2, 0) is 4.79 Å². The van der Waals surface area contributed by atoms with Crippen LogP contribution in [0.3, 0.4) is 0 Å². The third-order valence-corrected chi connectivity index (χ3v) is 3.18. The van der Waals surface area contributed by atoms with Crippen LogP contribution < -0.4 is 4.74 Å². The van der Waals surface area contributed by atoms with E-state index in [-0.39, 0.29) is 16.9 Å². The molecule has 1 aromatic rings. The SMILES string of the molecule is CCC1=C(O)c2c(C)ccc(OC)c2C(=O)C1=O. The van der Waals surface area contributed by atoms with Crippen LogP contribution in [0.5, 0.6) is 5.75 Å². The molecule has 94 valence electrons. The Labute approximate surface area is 105 Å². The number of carbonyl (C=O) groups excluding carboxylic acids is 2. The van der Waals surface area contributed by atoms with E-state index in [1.807, 2.05) is 0 Å². The van der Waals surface area contributed by atoms with Gasteiger partial charge in [0.2, 0.25) is 11.6 Å². The summed E-state index contributed by atoms with van der Waals surface area (Å²) in [6.45, 7) is 3.52. The van der Waals surface area contributed by atoms with Crippen LogP contribution in [-0.4, -0.2) is 23.8 Å². The van der Waals surface area contributed by atoms with Crippen LogP contribution in [0.2, 0.25) is 0 Å². The Morgan fingerprint density at radius 1 is 1.17 bits per heavy atom. The van der Waals surface area contributed by atoms with Crippen molar-refractivity contribution < 1.29 is 19.4 Å². The monoisotopic (exact) mass is 246 g/mol. The first-order chi connectivity index (χ1) is 8.52. The quantitative estimate of drug-likeness (QED) is 0.814. The predicted octanol–water partition coefficient (Wildman–Crippen LogP) is 2.45. The lowest BCUT2D eigenvalue weighted by atomic mass is 9.84. The molecule has 0 unspecified atom stereocenters. The molecule has 0 saturated carbocycles. The molecule has 0 aliphatic heterocycles. The van der Waals surface area contributed by atoms with Gasteiger partial charge in [-0.1, -0.05) is 13.0 Å². The molecular weight excluding hydrogens is 232 g/mol. The van der Waals surface area contributed by atoms with Gasteiger partial charge in [-0.3, -0.25) is 9.59 Å². The average molecular weight is 246 g/mol. The number of hydrogen-bond donors (Lipinski definition) is 1. The normalized spacial score (nSPS) is 14.8. The number of rotatable bonds is 2. The highest BCUT2D eigenvalue weighted by Crippen LogP contribution is 2.36. The Bertz CT molecular complexity index is 582. The van der Waals surface area contributed by atoms with Crippen molar-refractivity contribution in [1.82, 2.24) is 0 Å². The van der Waals surface area contributed by atoms with Crippen molar-refractivity contribution >= 4 is 17.3 Å². The summed E-state index contributed by atoms with van der Waals surface area (Å²) in [6, 6.07) is 3.38. The minimum atomic E-state index is -0.647. The van der Waals surface area contributed by atoms with Gasteiger partial charge in [-0.15, -0.1) is 0 Å². The number of carbonyl (C=O) groups is 2.